The van der Waals surface area contributed by atoms with Crippen LogP contribution < -0.4 is 10.6 Å². The second-order valence-electron chi connectivity index (χ2n) is 9.17. The van der Waals surface area contributed by atoms with E-state index in [0.29, 0.717) is 32.4 Å². The molecule has 0 spiro atoms. The summed E-state index contributed by atoms with van der Waals surface area (Å²) in [7, 11) is 0. The normalized spacial score (nSPS) is 19.0. The van der Waals surface area contributed by atoms with Gasteiger partial charge >= 0.3 is 12.1 Å². The summed E-state index contributed by atoms with van der Waals surface area (Å²) in [4.78, 5) is 50.5. The minimum atomic E-state index is -1.38. The molecule has 4 N–H and O–H groups in total. The summed E-state index contributed by atoms with van der Waals surface area (Å²) in [5.74, 6) is -2.55. The van der Waals surface area contributed by atoms with E-state index in [0.717, 1.165) is 0 Å². The molecule has 0 unspecified atom stereocenters. The zero-order valence-corrected chi connectivity index (χ0v) is 19.3. The first-order chi connectivity index (χ1) is 14.3. The number of piperidine rings is 1. The number of amides is 3. The van der Waals surface area contributed by atoms with Crippen LogP contribution >= 0.6 is 0 Å². The molecule has 178 valence electrons. The molecule has 0 radical (unpaired) electrons. The minimum absolute atomic E-state index is 0.108. The van der Waals surface area contributed by atoms with Crippen LogP contribution in [0.15, 0.2) is 0 Å². The monoisotopic (exact) mass is 443 g/mol. The highest BCUT2D eigenvalue weighted by atomic mass is 16.6. The van der Waals surface area contributed by atoms with E-state index in [-0.39, 0.29) is 11.8 Å². The smallest absolute Gasteiger partial charge is 0.408 e. The van der Waals surface area contributed by atoms with Crippen LogP contribution in [0.2, 0.25) is 0 Å². The summed E-state index contributed by atoms with van der Waals surface area (Å²) in [6, 6.07) is -2.11. The molecule has 0 aromatic heterocycles. The largest absolute Gasteiger partial charge is 0.480 e. The number of likely N-dealkylation sites (tertiary alicyclic amines) is 1. The number of carbonyl (C=O) groups is 4. The van der Waals surface area contributed by atoms with Crippen LogP contribution in [0.4, 0.5) is 4.79 Å². The molecule has 0 bridgehead atoms. The zero-order chi connectivity index (χ0) is 23.9. The van der Waals surface area contributed by atoms with Gasteiger partial charge in [-0.05, 0) is 46.5 Å². The summed E-state index contributed by atoms with van der Waals surface area (Å²) in [6.45, 7) is 11.0. The number of carboxylic acid groups (broad SMARTS) is 1. The molecular formula is C21H37N3O7. The Bertz CT molecular complexity index is 652. The highest BCUT2D eigenvalue weighted by Crippen LogP contribution is 2.21. The van der Waals surface area contributed by atoms with Crippen molar-refractivity contribution in [2.24, 2.45) is 11.8 Å². The van der Waals surface area contributed by atoms with Crippen LogP contribution in [0.3, 0.4) is 0 Å². The van der Waals surface area contributed by atoms with E-state index in [2.05, 4.69) is 10.6 Å². The lowest BCUT2D eigenvalue weighted by Crippen LogP contribution is -2.55. The predicted molar refractivity (Wildman–Crippen MR) is 113 cm³/mol. The van der Waals surface area contributed by atoms with Crippen LogP contribution in [0.5, 0.6) is 0 Å². The Morgan fingerprint density at radius 1 is 1.06 bits per heavy atom. The zero-order valence-electron chi connectivity index (χ0n) is 19.3. The number of aliphatic carboxylic acids is 1. The Morgan fingerprint density at radius 2 is 1.61 bits per heavy atom. The Labute approximate surface area is 183 Å². The molecule has 10 heteroatoms. The Morgan fingerprint density at radius 3 is 2.03 bits per heavy atom. The molecule has 0 aromatic rings. The van der Waals surface area contributed by atoms with Crippen LogP contribution in [0, 0.1) is 11.8 Å². The number of carbonyl (C=O) groups excluding carboxylic acids is 3. The maximum absolute atomic E-state index is 13.1. The third-order valence-corrected chi connectivity index (χ3v) is 5.37. The lowest BCUT2D eigenvalue weighted by atomic mass is 9.93. The molecule has 3 amide bonds. The average molecular weight is 444 g/mol. The molecule has 0 aromatic carbocycles. The van der Waals surface area contributed by atoms with Crippen molar-refractivity contribution in [1.29, 1.82) is 0 Å². The van der Waals surface area contributed by atoms with Crippen LogP contribution in [0.25, 0.3) is 0 Å². The van der Waals surface area contributed by atoms with Crippen molar-refractivity contribution < 1.29 is 34.1 Å². The second-order valence-corrected chi connectivity index (χ2v) is 9.17. The first kappa shape index (κ1) is 26.7. The summed E-state index contributed by atoms with van der Waals surface area (Å²) >= 11 is 0. The van der Waals surface area contributed by atoms with Gasteiger partial charge in [0.05, 0.1) is 6.10 Å². The molecule has 4 atom stereocenters. The van der Waals surface area contributed by atoms with Gasteiger partial charge in [-0.15, -0.1) is 0 Å². The van der Waals surface area contributed by atoms with E-state index in [1.54, 1.807) is 25.7 Å². The van der Waals surface area contributed by atoms with E-state index < -0.39 is 47.7 Å². The number of hydrogen-bond acceptors (Lipinski definition) is 6. The molecule has 1 fully saturated rings. The molecule has 1 aliphatic rings. The molecule has 0 aliphatic carbocycles. The second kappa shape index (κ2) is 11.3. The van der Waals surface area contributed by atoms with Crippen molar-refractivity contribution in [2.45, 2.75) is 84.6 Å². The number of hydrogen-bond donors (Lipinski definition) is 4. The van der Waals surface area contributed by atoms with Gasteiger partial charge in [0.1, 0.15) is 11.6 Å². The third-order valence-electron chi connectivity index (χ3n) is 5.37. The highest BCUT2D eigenvalue weighted by molar-refractivity contribution is 5.87. The fourth-order valence-corrected chi connectivity index (χ4v) is 3.34. The van der Waals surface area contributed by atoms with Crippen molar-refractivity contribution in [3.05, 3.63) is 0 Å². The fraction of sp³-hybridized carbons (Fsp3) is 0.810. The summed E-state index contributed by atoms with van der Waals surface area (Å²) in [5, 5.41) is 23.7. The van der Waals surface area contributed by atoms with Gasteiger partial charge in [-0.3, -0.25) is 9.59 Å². The third kappa shape index (κ3) is 8.35. The van der Waals surface area contributed by atoms with E-state index in [9.17, 15) is 24.3 Å². The van der Waals surface area contributed by atoms with Gasteiger partial charge in [-0.25, -0.2) is 9.59 Å². The highest BCUT2D eigenvalue weighted by Gasteiger charge is 2.36. The summed E-state index contributed by atoms with van der Waals surface area (Å²) in [6.07, 6.45) is -0.468. The maximum atomic E-state index is 13.1. The SMILES string of the molecule is CC[C@H](C)[C@H](NC(=O)OC(C)(C)C)C(=O)N1CCC(C(=O)N[C@H](C(=O)O)[C@H](C)O)CC1. The molecule has 31 heavy (non-hydrogen) atoms. The van der Waals surface area contributed by atoms with Crippen molar-refractivity contribution in [2.75, 3.05) is 13.1 Å². The van der Waals surface area contributed by atoms with Crippen LogP contribution in [0.1, 0.15) is 60.8 Å². The number of carboxylic acids is 1. The van der Waals surface area contributed by atoms with E-state index in [4.69, 9.17) is 9.84 Å². The van der Waals surface area contributed by atoms with Gasteiger partial charge in [0.2, 0.25) is 11.8 Å². The number of rotatable bonds is 8. The van der Waals surface area contributed by atoms with Gasteiger partial charge in [0.15, 0.2) is 6.04 Å². The molecule has 0 saturated carbocycles. The quantitative estimate of drug-likeness (QED) is 0.440. The van der Waals surface area contributed by atoms with Crippen LogP contribution in [-0.4, -0.2) is 75.9 Å². The van der Waals surface area contributed by atoms with Gasteiger partial charge in [0.25, 0.3) is 0 Å². The van der Waals surface area contributed by atoms with Crippen LogP contribution in [-0.2, 0) is 19.1 Å². The number of nitrogens with zero attached hydrogens (tertiary/aromatic N) is 1. The Kier molecular flexibility index (Phi) is 9.73. The number of alkyl carbamates (subject to hydrolysis) is 1. The Hall–Kier alpha value is -2.36. The summed E-state index contributed by atoms with van der Waals surface area (Å²) < 4.78 is 5.28. The van der Waals surface area contributed by atoms with E-state index >= 15 is 0 Å². The van der Waals surface area contributed by atoms with Crippen molar-refractivity contribution >= 4 is 23.9 Å². The standard InChI is InChI=1S/C21H37N3O7/c1-7-12(2)15(23-20(30)31-21(4,5)6)18(27)24-10-8-14(9-11-24)17(26)22-16(13(3)25)19(28)29/h12-16,25H,7-11H2,1-6H3,(H,22,26)(H,23,30)(H,28,29)/t12-,13-,15-,16-/m0/s1. The average Bonchev–Trinajstić information content (AvgIpc) is 2.67. The van der Waals surface area contributed by atoms with Gasteiger partial charge in [-0.2, -0.15) is 0 Å². The van der Waals surface area contributed by atoms with Gasteiger partial charge < -0.3 is 30.5 Å². The van der Waals surface area contributed by atoms with Gasteiger partial charge in [-0.1, -0.05) is 20.3 Å². The van der Waals surface area contributed by atoms with Crippen molar-refractivity contribution in [3.63, 3.8) is 0 Å². The predicted octanol–water partition coefficient (Wildman–Crippen LogP) is 1.11. The molecule has 1 aliphatic heterocycles. The number of aliphatic hydroxyl groups is 1. The van der Waals surface area contributed by atoms with Crippen molar-refractivity contribution in [3.8, 4) is 0 Å². The molecule has 1 heterocycles. The minimum Gasteiger partial charge on any atom is -0.480 e. The van der Waals surface area contributed by atoms with E-state index in [1.807, 2.05) is 13.8 Å². The molecular weight excluding hydrogens is 406 g/mol. The Balaban J connectivity index is 2.73. The lowest BCUT2D eigenvalue weighted by Gasteiger charge is -2.36. The fourth-order valence-electron chi connectivity index (χ4n) is 3.34. The van der Waals surface area contributed by atoms with E-state index in [1.165, 1.54) is 6.92 Å². The summed E-state index contributed by atoms with van der Waals surface area (Å²) in [5.41, 5.74) is -0.682. The lowest BCUT2D eigenvalue weighted by molar-refractivity contribution is -0.146. The first-order valence-corrected chi connectivity index (χ1v) is 10.8. The molecule has 1 rings (SSSR count). The maximum Gasteiger partial charge on any atom is 0.408 e. The number of ether oxygens (including phenoxy) is 1. The van der Waals surface area contributed by atoms with Crippen molar-refractivity contribution in [1.82, 2.24) is 15.5 Å². The number of nitrogens with one attached hydrogen (secondary N) is 2. The first-order valence-electron chi connectivity index (χ1n) is 10.8. The molecule has 1 saturated heterocycles. The van der Waals surface area contributed by atoms with Gasteiger partial charge in [0, 0.05) is 19.0 Å². The number of aliphatic hydroxyl groups excluding tert-OH is 1. The topological polar surface area (TPSA) is 145 Å². The molecule has 10 nitrogen and oxygen atoms in total.